The number of aliphatic imine (C=N–C) groups is 3. The molecule has 6 heteroatoms. The molecule has 1 saturated heterocycles. The second kappa shape index (κ2) is 4.17. The van der Waals surface area contributed by atoms with Crippen molar-refractivity contribution in [1.29, 1.82) is 5.26 Å². The Balaban J connectivity index is 1.84. The Morgan fingerprint density at radius 3 is 2.85 bits per heavy atom. The zero-order chi connectivity index (χ0) is 13.5. The molecule has 0 atom stereocenters. The van der Waals surface area contributed by atoms with Gasteiger partial charge in [0.15, 0.2) is 5.84 Å². The summed E-state index contributed by atoms with van der Waals surface area (Å²) < 4.78 is 0. The average molecular weight is 264 g/mol. The minimum atomic E-state index is 0.474. The maximum Gasteiger partial charge on any atom is 0.229 e. The molecule has 0 unspecified atom stereocenters. The minimum Gasteiger partial charge on any atom is -0.341 e. The van der Waals surface area contributed by atoms with E-state index in [1.807, 2.05) is 23.1 Å². The van der Waals surface area contributed by atoms with E-state index in [1.165, 1.54) is 12.8 Å². The SMILES string of the molecule is N#CC1=CN=C2C=CC=C3N=C(N4CCCC4)N=C1N32. The van der Waals surface area contributed by atoms with Crippen LogP contribution in [0, 0.1) is 11.3 Å². The summed E-state index contributed by atoms with van der Waals surface area (Å²) in [5.41, 5.74) is 0.474. The van der Waals surface area contributed by atoms with Crippen LogP contribution in [0.2, 0.25) is 0 Å². The fourth-order valence-electron chi connectivity index (χ4n) is 2.67. The van der Waals surface area contributed by atoms with Gasteiger partial charge in [-0.05, 0) is 25.0 Å². The molecule has 0 aromatic heterocycles. The average Bonchev–Trinajstić information content (AvgIpc) is 3.02. The smallest absolute Gasteiger partial charge is 0.229 e. The maximum absolute atomic E-state index is 9.26. The van der Waals surface area contributed by atoms with E-state index in [4.69, 9.17) is 0 Å². The van der Waals surface area contributed by atoms with Crippen molar-refractivity contribution in [3.05, 3.63) is 35.8 Å². The molecule has 4 aliphatic rings. The third-order valence-electron chi connectivity index (χ3n) is 3.66. The first-order chi connectivity index (χ1) is 9.86. The Bertz CT molecular complexity index is 692. The number of rotatable bonds is 0. The lowest BCUT2D eigenvalue weighted by atomic mass is 10.1. The van der Waals surface area contributed by atoms with Gasteiger partial charge in [-0.3, -0.25) is 4.90 Å². The van der Waals surface area contributed by atoms with Crippen LogP contribution >= 0.6 is 0 Å². The standard InChI is InChI=1S/C14H12N6/c15-8-10-9-16-11-4-3-5-12-17-14(18-13(10)20(11)12)19-6-1-2-7-19/h3-5,9H,1-2,6-7H2. The molecule has 0 N–H and O–H groups in total. The van der Waals surface area contributed by atoms with Crippen molar-refractivity contribution in [3.63, 3.8) is 0 Å². The lowest BCUT2D eigenvalue weighted by Crippen LogP contribution is -2.43. The van der Waals surface area contributed by atoms with E-state index in [0.29, 0.717) is 17.4 Å². The largest absolute Gasteiger partial charge is 0.341 e. The molecule has 20 heavy (non-hydrogen) atoms. The van der Waals surface area contributed by atoms with E-state index in [2.05, 4.69) is 25.9 Å². The molecule has 0 bridgehead atoms. The molecule has 0 amide bonds. The predicted molar refractivity (Wildman–Crippen MR) is 75.9 cm³/mol. The van der Waals surface area contributed by atoms with Crippen LogP contribution in [0.4, 0.5) is 0 Å². The van der Waals surface area contributed by atoms with E-state index in [0.717, 1.165) is 24.7 Å². The number of allylic oxidation sites excluding steroid dienone is 2. The van der Waals surface area contributed by atoms with Gasteiger partial charge >= 0.3 is 0 Å². The van der Waals surface area contributed by atoms with E-state index in [1.54, 1.807) is 6.20 Å². The Labute approximate surface area is 116 Å². The summed E-state index contributed by atoms with van der Waals surface area (Å²) in [6, 6.07) is 2.16. The molecule has 0 saturated carbocycles. The molecule has 4 rings (SSSR count). The van der Waals surface area contributed by atoms with Crippen molar-refractivity contribution >= 4 is 17.6 Å². The van der Waals surface area contributed by atoms with Gasteiger partial charge in [0.2, 0.25) is 5.96 Å². The molecule has 0 aliphatic carbocycles. The third-order valence-corrected chi connectivity index (χ3v) is 3.66. The molecule has 4 heterocycles. The number of hydrogen-bond acceptors (Lipinski definition) is 6. The van der Waals surface area contributed by atoms with E-state index in [-0.39, 0.29) is 0 Å². The van der Waals surface area contributed by atoms with Gasteiger partial charge in [0.1, 0.15) is 23.3 Å². The summed E-state index contributed by atoms with van der Waals surface area (Å²) >= 11 is 0. The fraction of sp³-hybridized carbons (Fsp3) is 0.286. The maximum atomic E-state index is 9.26. The Morgan fingerprint density at radius 1 is 1.20 bits per heavy atom. The lowest BCUT2D eigenvalue weighted by molar-refractivity contribution is 0.505. The topological polar surface area (TPSA) is 67.3 Å². The number of nitriles is 1. The van der Waals surface area contributed by atoms with Gasteiger partial charge in [-0.15, -0.1) is 0 Å². The van der Waals surface area contributed by atoms with Crippen molar-refractivity contribution in [1.82, 2.24) is 9.80 Å². The Morgan fingerprint density at radius 2 is 2.05 bits per heavy atom. The summed E-state index contributed by atoms with van der Waals surface area (Å²) in [5, 5.41) is 9.26. The first kappa shape index (κ1) is 11.2. The van der Waals surface area contributed by atoms with Gasteiger partial charge in [-0.1, -0.05) is 6.08 Å². The molecule has 98 valence electrons. The molecule has 0 spiro atoms. The molecule has 6 nitrogen and oxygen atoms in total. The van der Waals surface area contributed by atoms with E-state index in [9.17, 15) is 5.26 Å². The highest BCUT2D eigenvalue weighted by Gasteiger charge is 2.33. The Hall–Kier alpha value is -2.68. The van der Waals surface area contributed by atoms with Crippen molar-refractivity contribution in [2.75, 3.05) is 13.1 Å². The van der Waals surface area contributed by atoms with Crippen LogP contribution in [0.25, 0.3) is 0 Å². The highest BCUT2D eigenvalue weighted by molar-refractivity contribution is 6.21. The highest BCUT2D eigenvalue weighted by Crippen LogP contribution is 2.26. The van der Waals surface area contributed by atoms with Crippen LogP contribution in [0.5, 0.6) is 0 Å². The van der Waals surface area contributed by atoms with Crippen molar-refractivity contribution in [2.45, 2.75) is 12.8 Å². The van der Waals surface area contributed by atoms with Gasteiger partial charge < -0.3 is 4.90 Å². The second-order valence-corrected chi connectivity index (χ2v) is 4.90. The van der Waals surface area contributed by atoms with E-state index >= 15 is 0 Å². The monoisotopic (exact) mass is 264 g/mol. The molecule has 0 aromatic rings. The van der Waals surface area contributed by atoms with Crippen LogP contribution in [0.15, 0.2) is 50.8 Å². The zero-order valence-electron chi connectivity index (χ0n) is 10.8. The van der Waals surface area contributed by atoms with Crippen LogP contribution in [-0.4, -0.2) is 40.5 Å². The van der Waals surface area contributed by atoms with Crippen molar-refractivity contribution < 1.29 is 0 Å². The van der Waals surface area contributed by atoms with Crippen LogP contribution in [0.1, 0.15) is 12.8 Å². The third kappa shape index (κ3) is 1.53. The Kier molecular flexibility index (Phi) is 2.33. The van der Waals surface area contributed by atoms with Gasteiger partial charge in [-0.25, -0.2) is 4.99 Å². The first-order valence-corrected chi connectivity index (χ1v) is 6.66. The number of nitrogens with zero attached hydrogens (tertiary/aromatic N) is 6. The molecule has 0 aromatic carbocycles. The summed E-state index contributed by atoms with van der Waals surface area (Å²) in [4.78, 5) is 17.5. The van der Waals surface area contributed by atoms with Gasteiger partial charge in [0.25, 0.3) is 0 Å². The molecule has 1 fully saturated rings. The number of amidine groups is 2. The number of guanidine groups is 1. The fourth-order valence-corrected chi connectivity index (χ4v) is 2.67. The molecule has 4 aliphatic heterocycles. The second-order valence-electron chi connectivity index (χ2n) is 4.90. The van der Waals surface area contributed by atoms with Gasteiger partial charge in [0, 0.05) is 13.1 Å². The van der Waals surface area contributed by atoms with Gasteiger partial charge in [0.05, 0.1) is 6.20 Å². The number of likely N-dealkylation sites (tertiary alicyclic amines) is 1. The molecular weight excluding hydrogens is 252 g/mol. The predicted octanol–water partition coefficient (Wildman–Crippen LogP) is 1.38. The summed E-state index contributed by atoms with van der Waals surface area (Å²) in [7, 11) is 0. The van der Waals surface area contributed by atoms with Crippen LogP contribution in [0.3, 0.4) is 0 Å². The summed E-state index contributed by atoms with van der Waals surface area (Å²) in [6.07, 6.45) is 9.64. The van der Waals surface area contributed by atoms with Gasteiger partial charge in [-0.2, -0.15) is 15.2 Å². The van der Waals surface area contributed by atoms with Crippen molar-refractivity contribution in [3.8, 4) is 6.07 Å². The lowest BCUT2D eigenvalue weighted by Gasteiger charge is -2.33. The quantitative estimate of drug-likeness (QED) is 0.664. The summed E-state index contributed by atoms with van der Waals surface area (Å²) in [5.74, 6) is 2.87. The highest BCUT2D eigenvalue weighted by atomic mass is 15.4. The molecular formula is C14H12N6. The van der Waals surface area contributed by atoms with Crippen molar-refractivity contribution in [2.24, 2.45) is 15.0 Å². The van der Waals surface area contributed by atoms with E-state index < -0.39 is 0 Å². The molecule has 0 radical (unpaired) electrons. The normalized spacial score (nSPS) is 23.2. The van der Waals surface area contributed by atoms with Crippen LogP contribution in [-0.2, 0) is 0 Å². The number of hydrogen-bond donors (Lipinski definition) is 0. The zero-order valence-corrected chi connectivity index (χ0v) is 10.8. The van der Waals surface area contributed by atoms with Crippen LogP contribution < -0.4 is 0 Å². The first-order valence-electron chi connectivity index (χ1n) is 6.66. The minimum absolute atomic E-state index is 0.474. The summed E-state index contributed by atoms with van der Waals surface area (Å²) in [6.45, 7) is 1.95.